The second kappa shape index (κ2) is 13.9. The van der Waals surface area contributed by atoms with E-state index in [1.807, 2.05) is 38.2 Å². The number of anilines is 2. The number of hydrogen-bond donors (Lipinski definition) is 1. The van der Waals surface area contributed by atoms with Crippen molar-refractivity contribution in [2.75, 3.05) is 22.8 Å². The maximum atomic E-state index is 14.6. The number of nitrogens with one attached hydrogen (secondary N) is 1. The number of carbonyl (C=O) groups is 1. The molecule has 12 heteroatoms. The summed E-state index contributed by atoms with van der Waals surface area (Å²) < 4.78 is 36.5. The van der Waals surface area contributed by atoms with Crippen molar-refractivity contribution in [1.29, 1.82) is 0 Å². The number of carbonyl (C=O) groups excluding carboxylic acids is 1. The SMILES string of the molecule is Cc1cccc(C)c1-c1cc2nc(n1)NS(=O)(=O)c1cccc(c1)C(=O)N(Cc1cncc(N3CCC[C@H]3C3CC3)n1)[C@H](CCC(C)(C)C)CO2. The fourth-order valence-electron chi connectivity index (χ4n) is 7.34. The summed E-state index contributed by atoms with van der Waals surface area (Å²) in [4.78, 5) is 37.5. The van der Waals surface area contributed by atoms with Gasteiger partial charge in [-0.15, -0.1) is 0 Å². The molecule has 2 atom stereocenters. The Morgan fingerprint density at radius 1 is 0.961 bits per heavy atom. The van der Waals surface area contributed by atoms with Crippen LogP contribution in [0.2, 0.25) is 0 Å². The third kappa shape index (κ3) is 7.85. The second-order valence-corrected chi connectivity index (χ2v) is 17.1. The van der Waals surface area contributed by atoms with Crippen LogP contribution in [0.3, 0.4) is 0 Å². The number of ether oxygens (including phenoxy) is 1. The summed E-state index contributed by atoms with van der Waals surface area (Å²) in [5, 5.41) is 0. The lowest BCUT2D eigenvalue weighted by atomic mass is 9.88. The topological polar surface area (TPSA) is 131 Å². The van der Waals surface area contributed by atoms with Crippen molar-refractivity contribution in [3.63, 3.8) is 0 Å². The number of aromatic nitrogens is 4. The molecule has 4 aromatic rings. The molecule has 4 heterocycles. The van der Waals surface area contributed by atoms with Gasteiger partial charge in [-0.1, -0.05) is 45.0 Å². The standard InChI is InChI=1S/C39H47N7O4S/c1-25-9-6-10-26(2)36(25)32-20-35-43-38(42-32)44-51(48,49)31-12-7-11-28(19-31)37(47)46(30(24-50-35)16-17-39(3,4)5)23-29-21-40-22-34(41-29)45-18-8-13-33(45)27-14-15-27/h6-7,9-12,19-22,27,30,33H,8,13-18,23-24H2,1-5H3,(H,42,43,44)/t30-,33+/m1/s1. The molecule has 1 aliphatic carbocycles. The molecule has 0 radical (unpaired) electrons. The van der Waals surface area contributed by atoms with Gasteiger partial charge in [0.2, 0.25) is 11.8 Å². The molecule has 7 rings (SSSR count). The van der Waals surface area contributed by atoms with Crippen LogP contribution in [0.5, 0.6) is 5.88 Å². The van der Waals surface area contributed by atoms with Crippen LogP contribution in [0.15, 0.2) is 65.8 Å². The number of sulfonamides is 1. The van der Waals surface area contributed by atoms with E-state index in [1.165, 1.54) is 25.0 Å². The molecule has 1 saturated carbocycles. The quantitative estimate of drug-likeness (QED) is 0.216. The van der Waals surface area contributed by atoms with Gasteiger partial charge in [-0.2, -0.15) is 4.98 Å². The van der Waals surface area contributed by atoms with Crippen molar-refractivity contribution in [3.8, 4) is 17.1 Å². The Kier molecular flexibility index (Phi) is 9.47. The number of aryl methyl sites for hydroxylation is 2. The third-order valence-corrected chi connectivity index (χ3v) is 11.5. The maximum absolute atomic E-state index is 14.6. The maximum Gasteiger partial charge on any atom is 0.264 e. The third-order valence-electron chi connectivity index (χ3n) is 10.2. The van der Waals surface area contributed by atoms with Gasteiger partial charge in [0.25, 0.3) is 15.9 Å². The van der Waals surface area contributed by atoms with E-state index in [1.54, 1.807) is 29.3 Å². The van der Waals surface area contributed by atoms with Crippen LogP contribution >= 0.6 is 0 Å². The molecule has 2 aliphatic heterocycles. The molecule has 11 nitrogen and oxygen atoms in total. The number of fused-ring (bicyclic) bond motifs is 4. The zero-order valence-electron chi connectivity index (χ0n) is 30.1. The molecule has 1 N–H and O–H groups in total. The molecule has 1 saturated heterocycles. The summed E-state index contributed by atoms with van der Waals surface area (Å²) >= 11 is 0. The summed E-state index contributed by atoms with van der Waals surface area (Å²) in [6.07, 6.45) is 9.81. The Morgan fingerprint density at radius 3 is 2.47 bits per heavy atom. The van der Waals surface area contributed by atoms with Crippen molar-refractivity contribution < 1.29 is 17.9 Å². The predicted octanol–water partition coefficient (Wildman–Crippen LogP) is 6.96. The highest BCUT2D eigenvalue weighted by Crippen LogP contribution is 2.41. The molecule has 2 aromatic heterocycles. The molecule has 3 aliphatic rings. The number of hydrogen-bond acceptors (Lipinski definition) is 9. The highest BCUT2D eigenvalue weighted by molar-refractivity contribution is 7.92. The van der Waals surface area contributed by atoms with Gasteiger partial charge in [-0.05, 0) is 93.0 Å². The van der Waals surface area contributed by atoms with Crippen LogP contribution in [0.1, 0.15) is 86.5 Å². The van der Waals surface area contributed by atoms with Crippen molar-refractivity contribution >= 4 is 27.7 Å². The molecule has 268 valence electrons. The van der Waals surface area contributed by atoms with E-state index in [9.17, 15) is 13.2 Å². The molecule has 51 heavy (non-hydrogen) atoms. The molecular weight excluding hydrogens is 663 g/mol. The molecule has 2 fully saturated rings. The first kappa shape index (κ1) is 34.9. The Hall–Kier alpha value is -4.58. The molecular formula is C39H47N7O4S. The first-order valence-electron chi connectivity index (χ1n) is 17.9. The normalized spacial score (nSPS) is 20.5. The molecule has 4 bridgehead atoms. The molecule has 1 amide bonds. The highest BCUT2D eigenvalue weighted by atomic mass is 32.2. The number of nitrogens with zero attached hydrogens (tertiary/aromatic N) is 6. The lowest BCUT2D eigenvalue weighted by Gasteiger charge is -2.34. The van der Waals surface area contributed by atoms with Crippen molar-refractivity contribution in [3.05, 3.63) is 83.3 Å². The summed E-state index contributed by atoms with van der Waals surface area (Å²) in [5.41, 5.74) is 4.28. The van der Waals surface area contributed by atoms with Gasteiger partial charge in [0.15, 0.2) is 0 Å². The average Bonchev–Trinajstić information content (AvgIpc) is 3.81. The fourth-order valence-corrected chi connectivity index (χ4v) is 8.33. The smallest absolute Gasteiger partial charge is 0.264 e. The monoisotopic (exact) mass is 709 g/mol. The van der Waals surface area contributed by atoms with E-state index in [4.69, 9.17) is 9.72 Å². The lowest BCUT2D eigenvalue weighted by molar-refractivity contribution is 0.0549. The predicted molar refractivity (Wildman–Crippen MR) is 197 cm³/mol. The van der Waals surface area contributed by atoms with Gasteiger partial charge in [0.05, 0.1) is 41.3 Å². The minimum absolute atomic E-state index is 0.0152. The zero-order valence-corrected chi connectivity index (χ0v) is 30.9. The molecule has 2 aromatic carbocycles. The minimum atomic E-state index is -4.17. The van der Waals surface area contributed by atoms with Crippen molar-refractivity contribution in [2.45, 2.75) is 96.7 Å². The Balaban J connectivity index is 1.31. The van der Waals surface area contributed by atoms with E-state index in [0.717, 1.165) is 48.3 Å². The Morgan fingerprint density at radius 2 is 1.73 bits per heavy atom. The van der Waals surface area contributed by atoms with Gasteiger partial charge in [0.1, 0.15) is 12.4 Å². The van der Waals surface area contributed by atoms with E-state index in [2.05, 4.69) is 45.3 Å². The van der Waals surface area contributed by atoms with Crippen LogP contribution in [-0.4, -0.2) is 64.4 Å². The largest absolute Gasteiger partial charge is 0.475 e. The van der Waals surface area contributed by atoms with Gasteiger partial charge in [-0.3, -0.25) is 9.78 Å². The van der Waals surface area contributed by atoms with Crippen LogP contribution in [0.25, 0.3) is 11.3 Å². The summed E-state index contributed by atoms with van der Waals surface area (Å²) in [7, 11) is -4.17. The van der Waals surface area contributed by atoms with Crippen molar-refractivity contribution in [2.24, 2.45) is 11.3 Å². The lowest BCUT2D eigenvalue weighted by Crippen LogP contribution is -2.44. The molecule has 0 spiro atoms. The minimum Gasteiger partial charge on any atom is -0.475 e. The Labute approximate surface area is 301 Å². The van der Waals surface area contributed by atoms with E-state index >= 15 is 0 Å². The summed E-state index contributed by atoms with van der Waals surface area (Å²) in [6, 6.07) is 13.9. The fraction of sp³-hybridized carbons (Fsp3) is 0.462. The van der Waals surface area contributed by atoms with E-state index in [-0.39, 0.29) is 46.8 Å². The van der Waals surface area contributed by atoms with Crippen molar-refractivity contribution in [1.82, 2.24) is 24.8 Å². The van der Waals surface area contributed by atoms with E-state index < -0.39 is 16.1 Å². The van der Waals surface area contributed by atoms with Gasteiger partial charge < -0.3 is 14.5 Å². The molecule has 0 unspecified atom stereocenters. The number of benzene rings is 2. The summed E-state index contributed by atoms with van der Waals surface area (Å²) in [5.74, 6) is 1.35. The average molecular weight is 710 g/mol. The first-order valence-corrected chi connectivity index (χ1v) is 19.4. The van der Waals surface area contributed by atoms with E-state index in [0.29, 0.717) is 29.8 Å². The van der Waals surface area contributed by atoms with Crippen LogP contribution < -0.4 is 14.4 Å². The highest BCUT2D eigenvalue weighted by Gasteiger charge is 2.39. The summed E-state index contributed by atoms with van der Waals surface area (Å²) in [6.45, 7) is 11.8. The number of rotatable bonds is 7. The van der Waals surface area contributed by atoms with Gasteiger partial charge in [0, 0.05) is 29.8 Å². The van der Waals surface area contributed by atoms with Crippen LogP contribution in [0, 0.1) is 25.2 Å². The van der Waals surface area contributed by atoms with Gasteiger partial charge in [-0.25, -0.2) is 23.1 Å². The Bertz CT molecular complexity index is 2020. The first-order chi connectivity index (χ1) is 24.3. The number of amides is 1. The van der Waals surface area contributed by atoms with Gasteiger partial charge >= 0.3 is 0 Å². The van der Waals surface area contributed by atoms with Crippen LogP contribution in [0.4, 0.5) is 11.8 Å². The zero-order chi connectivity index (χ0) is 35.9. The van der Waals surface area contributed by atoms with Crippen LogP contribution in [-0.2, 0) is 16.6 Å². The second-order valence-electron chi connectivity index (χ2n) is 15.4.